The highest BCUT2D eigenvalue weighted by Gasteiger charge is 2.02. The number of nitrogens with zero attached hydrogens (tertiary/aromatic N) is 2. The van der Waals surface area contributed by atoms with Crippen LogP contribution in [0, 0.1) is 0 Å². The topological polar surface area (TPSA) is 61.0 Å². The molecule has 2 N–H and O–H groups in total. The zero-order valence-electron chi connectivity index (χ0n) is 9.88. The molecule has 0 unspecified atom stereocenters. The van der Waals surface area contributed by atoms with Crippen LogP contribution in [0.3, 0.4) is 0 Å². The summed E-state index contributed by atoms with van der Waals surface area (Å²) in [6.45, 7) is 0. The number of fused-ring (bicyclic) bond motifs is 1. The van der Waals surface area contributed by atoms with Crippen LogP contribution < -0.4 is 10.5 Å². The van der Waals surface area contributed by atoms with Crippen molar-refractivity contribution in [2.24, 2.45) is 0 Å². The number of halogens is 1. The van der Waals surface area contributed by atoms with Gasteiger partial charge in [-0.05, 0) is 35.0 Å². The van der Waals surface area contributed by atoms with Gasteiger partial charge in [0.1, 0.15) is 17.9 Å². The lowest BCUT2D eigenvalue weighted by Crippen LogP contribution is -1.93. The van der Waals surface area contributed by atoms with Gasteiger partial charge in [0, 0.05) is 10.5 Å². The van der Waals surface area contributed by atoms with E-state index in [0.717, 1.165) is 15.2 Å². The highest BCUT2D eigenvalue weighted by atomic mass is 79.9. The Morgan fingerprint density at radius 2 is 1.74 bits per heavy atom. The largest absolute Gasteiger partial charge is 0.439 e. The fourth-order valence-electron chi connectivity index (χ4n) is 1.79. The number of nitrogens with two attached hydrogens (primary N) is 1. The second-order valence-corrected chi connectivity index (χ2v) is 4.95. The average Bonchev–Trinajstić information content (AvgIpc) is 2.39. The molecule has 19 heavy (non-hydrogen) atoms. The van der Waals surface area contributed by atoms with Gasteiger partial charge in [0.2, 0.25) is 5.88 Å². The Morgan fingerprint density at radius 3 is 2.58 bits per heavy atom. The molecule has 0 aliphatic rings. The zero-order valence-corrected chi connectivity index (χ0v) is 11.5. The molecule has 4 nitrogen and oxygen atoms in total. The van der Waals surface area contributed by atoms with Gasteiger partial charge in [-0.3, -0.25) is 0 Å². The third kappa shape index (κ3) is 2.66. The molecule has 0 bridgehead atoms. The molecule has 2 aromatic carbocycles. The van der Waals surface area contributed by atoms with E-state index in [1.807, 2.05) is 30.3 Å². The van der Waals surface area contributed by atoms with Crippen LogP contribution in [0.25, 0.3) is 10.8 Å². The van der Waals surface area contributed by atoms with Crippen molar-refractivity contribution in [1.29, 1.82) is 0 Å². The molecule has 94 valence electrons. The van der Waals surface area contributed by atoms with Crippen molar-refractivity contribution < 1.29 is 4.74 Å². The van der Waals surface area contributed by atoms with Gasteiger partial charge in [-0.2, -0.15) is 0 Å². The van der Waals surface area contributed by atoms with Crippen LogP contribution in [-0.4, -0.2) is 9.97 Å². The molecule has 0 aliphatic carbocycles. The number of nitrogen functional groups attached to an aromatic ring is 1. The summed E-state index contributed by atoms with van der Waals surface area (Å²) in [6, 6.07) is 13.5. The maximum Gasteiger partial charge on any atom is 0.224 e. The third-order valence-electron chi connectivity index (χ3n) is 2.66. The van der Waals surface area contributed by atoms with Crippen LogP contribution in [0.15, 0.2) is 53.3 Å². The molecule has 5 heteroatoms. The lowest BCUT2D eigenvalue weighted by atomic mass is 10.1. The Balaban J connectivity index is 1.95. The molecule has 1 heterocycles. The maximum absolute atomic E-state index is 5.65. The molecule has 3 aromatic rings. The molecule has 0 amide bonds. The van der Waals surface area contributed by atoms with E-state index in [1.54, 1.807) is 6.07 Å². The maximum atomic E-state index is 5.65. The summed E-state index contributed by atoms with van der Waals surface area (Å²) >= 11 is 3.45. The number of anilines is 1. The normalized spacial score (nSPS) is 10.6. The average molecular weight is 316 g/mol. The van der Waals surface area contributed by atoms with E-state index in [4.69, 9.17) is 10.5 Å². The third-order valence-corrected chi connectivity index (χ3v) is 3.15. The van der Waals surface area contributed by atoms with Gasteiger partial charge >= 0.3 is 0 Å². The molecular formula is C14H10BrN3O. The van der Waals surface area contributed by atoms with Crippen LogP contribution in [0.5, 0.6) is 11.6 Å². The molecule has 0 saturated heterocycles. The Morgan fingerprint density at radius 1 is 0.947 bits per heavy atom. The molecule has 0 spiro atoms. The second-order valence-electron chi connectivity index (χ2n) is 4.04. The van der Waals surface area contributed by atoms with Gasteiger partial charge in [-0.1, -0.05) is 28.1 Å². The van der Waals surface area contributed by atoms with Crippen LogP contribution in [0.2, 0.25) is 0 Å². The fourth-order valence-corrected chi connectivity index (χ4v) is 2.17. The van der Waals surface area contributed by atoms with Gasteiger partial charge in [0.05, 0.1) is 0 Å². The summed E-state index contributed by atoms with van der Waals surface area (Å²) < 4.78 is 6.71. The van der Waals surface area contributed by atoms with E-state index < -0.39 is 0 Å². The van der Waals surface area contributed by atoms with E-state index in [2.05, 4.69) is 32.0 Å². The van der Waals surface area contributed by atoms with Gasteiger partial charge in [0.25, 0.3) is 0 Å². The van der Waals surface area contributed by atoms with Gasteiger partial charge < -0.3 is 10.5 Å². The number of benzene rings is 2. The van der Waals surface area contributed by atoms with Crippen LogP contribution in [0.1, 0.15) is 0 Å². The van der Waals surface area contributed by atoms with E-state index in [9.17, 15) is 0 Å². The SMILES string of the molecule is Nc1cc(Oc2ccc3cc(Br)ccc3c2)ncn1. The molecular weight excluding hydrogens is 306 g/mol. The predicted octanol–water partition coefficient (Wildman–Crippen LogP) is 3.77. The zero-order chi connectivity index (χ0) is 13.2. The highest BCUT2D eigenvalue weighted by molar-refractivity contribution is 9.10. The molecule has 1 aromatic heterocycles. The van der Waals surface area contributed by atoms with Crippen LogP contribution in [-0.2, 0) is 0 Å². The summed E-state index contributed by atoms with van der Waals surface area (Å²) in [5.74, 6) is 1.53. The number of hydrogen-bond donors (Lipinski definition) is 1. The van der Waals surface area contributed by atoms with Crippen molar-refractivity contribution in [1.82, 2.24) is 9.97 Å². The summed E-state index contributed by atoms with van der Waals surface area (Å²) in [5, 5.41) is 2.24. The first kappa shape index (κ1) is 11.9. The summed E-state index contributed by atoms with van der Waals surface area (Å²) in [7, 11) is 0. The van der Waals surface area contributed by atoms with Crippen molar-refractivity contribution in [3.8, 4) is 11.6 Å². The standard InChI is InChI=1S/C14H10BrN3O/c15-11-3-1-10-6-12(4-2-9(10)5-11)19-14-7-13(16)17-8-18-14/h1-8H,(H2,16,17,18). The van der Waals surface area contributed by atoms with Gasteiger partial charge in [-0.15, -0.1) is 0 Å². The fraction of sp³-hybridized carbons (Fsp3) is 0. The lowest BCUT2D eigenvalue weighted by Gasteiger charge is -2.06. The predicted molar refractivity (Wildman–Crippen MR) is 78.2 cm³/mol. The Bertz CT molecular complexity index is 746. The second kappa shape index (κ2) is 4.85. The number of rotatable bonds is 2. The van der Waals surface area contributed by atoms with E-state index in [0.29, 0.717) is 17.4 Å². The minimum absolute atomic E-state index is 0.384. The lowest BCUT2D eigenvalue weighted by molar-refractivity contribution is 0.462. The first-order valence-electron chi connectivity index (χ1n) is 5.65. The Kier molecular flexibility index (Phi) is 3.05. The first-order chi connectivity index (χ1) is 9.20. The Hall–Kier alpha value is -2.14. The molecule has 0 aliphatic heterocycles. The summed E-state index contributed by atoms with van der Waals surface area (Å²) in [5.41, 5.74) is 5.58. The molecule has 3 rings (SSSR count). The molecule has 0 fully saturated rings. The van der Waals surface area contributed by atoms with Crippen molar-refractivity contribution in [2.75, 3.05) is 5.73 Å². The van der Waals surface area contributed by atoms with Crippen LogP contribution >= 0.6 is 15.9 Å². The molecule has 0 atom stereocenters. The molecule has 0 saturated carbocycles. The highest BCUT2D eigenvalue weighted by Crippen LogP contribution is 2.26. The van der Waals surface area contributed by atoms with Crippen molar-refractivity contribution in [3.63, 3.8) is 0 Å². The molecule has 0 radical (unpaired) electrons. The quantitative estimate of drug-likeness (QED) is 0.782. The van der Waals surface area contributed by atoms with E-state index in [-0.39, 0.29) is 0 Å². The monoisotopic (exact) mass is 315 g/mol. The smallest absolute Gasteiger partial charge is 0.224 e. The van der Waals surface area contributed by atoms with E-state index >= 15 is 0 Å². The number of aromatic nitrogens is 2. The minimum atomic E-state index is 0.384. The Labute approximate surface area is 118 Å². The van der Waals surface area contributed by atoms with E-state index in [1.165, 1.54) is 6.33 Å². The first-order valence-corrected chi connectivity index (χ1v) is 6.45. The van der Waals surface area contributed by atoms with Crippen molar-refractivity contribution in [3.05, 3.63) is 53.3 Å². The van der Waals surface area contributed by atoms with Crippen molar-refractivity contribution in [2.45, 2.75) is 0 Å². The summed E-state index contributed by atoms with van der Waals surface area (Å²) in [4.78, 5) is 7.83. The minimum Gasteiger partial charge on any atom is -0.439 e. The van der Waals surface area contributed by atoms with Gasteiger partial charge in [-0.25, -0.2) is 9.97 Å². The van der Waals surface area contributed by atoms with Crippen molar-refractivity contribution >= 4 is 32.5 Å². The van der Waals surface area contributed by atoms with Gasteiger partial charge in [0.15, 0.2) is 0 Å². The number of hydrogen-bond acceptors (Lipinski definition) is 4. The number of ether oxygens (including phenoxy) is 1. The van der Waals surface area contributed by atoms with Crippen LogP contribution in [0.4, 0.5) is 5.82 Å². The summed E-state index contributed by atoms with van der Waals surface area (Å²) in [6.07, 6.45) is 1.38.